The van der Waals surface area contributed by atoms with Crippen LogP contribution in [0.1, 0.15) is 44.2 Å². The topological polar surface area (TPSA) is 55.1 Å². The zero-order valence-electron chi connectivity index (χ0n) is 18.0. The Morgan fingerprint density at radius 3 is 2.47 bits per heavy atom. The highest BCUT2D eigenvalue weighted by atomic mass is 16.4. The van der Waals surface area contributed by atoms with Crippen molar-refractivity contribution >= 4 is 5.97 Å². The van der Waals surface area contributed by atoms with Gasteiger partial charge in [-0.3, -0.25) is 9.48 Å². The van der Waals surface area contributed by atoms with Crippen molar-refractivity contribution in [3.05, 3.63) is 78.1 Å². The Morgan fingerprint density at radius 2 is 1.73 bits per heavy atom. The normalized spacial score (nSPS) is 12.2. The molecule has 1 heterocycles. The number of aliphatic carboxylic acids is 1. The van der Waals surface area contributed by atoms with Gasteiger partial charge in [-0.25, -0.2) is 0 Å². The van der Waals surface area contributed by atoms with E-state index in [0.717, 1.165) is 36.9 Å². The molecule has 1 N–H and O–H groups in total. The van der Waals surface area contributed by atoms with E-state index in [9.17, 15) is 9.90 Å². The summed E-state index contributed by atoms with van der Waals surface area (Å²) in [5.74, 6) is -0.462. The first kappa shape index (κ1) is 21.8. The summed E-state index contributed by atoms with van der Waals surface area (Å²) in [5.41, 5.74) is 4.71. The molecule has 2 aromatic carbocycles. The van der Waals surface area contributed by atoms with Crippen LogP contribution in [0.3, 0.4) is 0 Å². The number of carboxylic acid groups (broad SMARTS) is 1. The van der Waals surface area contributed by atoms with Crippen molar-refractivity contribution in [2.24, 2.45) is 11.8 Å². The largest absolute Gasteiger partial charge is 0.481 e. The first-order chi connectivity index (χ1) is 14.5. The lowest BCUT2D eigenvalue weighted by molar-refractivity contribution is -0.142. The van der Waals surface area contributed by atoms with Gasteiger partial charge < -0.3 is 5.11 Å². The molecule has 0 aliphatic carbocycles. The van der Waals surface area contributed by atoms with Gasteiger partial charge in [-0.1, -0.05) is 68.4 Å². The molecule has 0 bridgehead atoms. The van der Waals surface area contributed by atoms with Crippen molar-refractivity contribution in [2.45, 2.75) is 52.5 Å². The molecule has 0 fully saturated rings. The fraction of sp³-hybridized carbons (Fsp3) is 0.385. The minimum absolute atomic E-state index is 0.314. The first-order valence-corrected chi connectivity index (χ1v) is 10.9. The average molecular weight is 405 g/mol. The second kappa shape index (κ2) is 10.8. The third-order valence-electron chi connectivity index (χ3n) is 5.49. The van der Waals surface area contributed by atoms with Crippen LogP contribution in [0.5, 0.6) is 0 Å². The van der Waals surface area contributed by atoms with Crippen LogP contribution in [0.25, 0.3) is 11.1 Å². The Bertz CT molecular complexity index is 931. The molecule has 0 saturated carbocycles. The van der Waals surface area contributed by atoms with Crippen molar-refractivity contribution in [3.63, 3.8) is 0 Å². The van der Waals surface area contributed by atoms with Crippen LogP contribution in [0.4, 0.5) is 0 Å². The Labute approximate surface area is 179 Å². The number of aromatic nitrogens is 2. The number of benzene rings is 2. The van der Waals surface area contributed by atoms with E-state index in [1.54, 1.807) is 0 Å². The van der Waals surface area contributed by atoms with E-state index >= 15 is 0 Å². The number of hydrogen-bond acceptors (Lipinski definition) is 2. The fourth-order valence-electron chi connectivity index (χ4n) is 3.91. The molecule has 1 atom stereocenters. The molecule has 158 valence electrons. The van der Waals surface area contributed by atoms with Crippen molar-refractivity contribution in [1.82, 2.24) is 9.78 Å². The Balaban J connectivity index is 1.62. The van der Waals surface area contributed by atoms with Crippen molar-refractivity contribution in [3.8, 4) is 11.1 Å². The summed E-state index contributed by atoms with van der Waals surface area (Å²) in [7, 11) is 0. The maximum Gasteiger partial charge on any atom is 0.306 e. The van der Waals surface area contributed by atoms with E-state index in [4.69, 9.17) is 0 Å². The van der Waals surface area contributed by atoms with Gasteiger partial charge in [0, 0.05) is 18.3 Å². The Kier molecular flexibility index (Phi) is 7.83. The predicted molar refractivity (Wildman–Crippen MR) is 121 cm³/mol. The zero-order valence-corrected chi connectivity index (χ0v) is 18.0. The predicted octanol–water partition coefficient (Wildman–Crippen LogP) is 5.86. The smallest absolute Gasteiger partial charge is 0.306 e. The second-order valence-corrected chi connectivity index (χ2v) is 8.45. The lowest BCUT2D eigenvalue weighted by atomic mass is 9.91. The molecule has 3 aromatic rings. The Morgan fingerprint density at radius 1 is 1.00 bits per heavy atom. The molecule has 4 heteroatoms. The van der Waals surface area contributed by atoms with Crippen LogP contribution >= 0.6 is 0 Å². The average Bonchev–Trinajstić information content (AvgIpc) is 3.19. The number of nitrogens with zero attached hydrogens (tertiary/aromatic N) is 2. The van der Waals surface area contributed by atoms with Crippen LogP contribution in [0.15, 0.2) is 67.0 Å². The molecule has 4 nitrogen and oxygen atoms in total. The van der Waals surface area contributed by atoms with Gasteiger partial charge in [-0.05, 0) is 54.7 Å². The van der Waals surface area contributed by atoms with Crippen LogP contribution in [0.2, 0.25) is 0 Å². The van der Waals surface area contributed by atoms with Gasteiger partial charge in [0.1, 0.15) is 0 Å². The quantitative estimate of drug-likeness (QED) is 0.435. The van der Waals surface area contributed by atoms with E-state index in [-0.39, 0.29) is 5.92 Å². The summed E-state index contributed by atoms with van der Waals surface area (Å²) in [6.45, 7) is 5.25. The van der Waals surface area contributed by atoms with Crippen LogP contribution < -0.4 is 0 Å². The summed E-state index contributed by atoms with van der Waals surface area (Å²) in [4.78, 5) is 11.8. The maximum atomic E-state index is 11.8. The molecular formula is C26H32N2O2. The molecule has 0 aliphatic rings. The highest BCUT2D eigenvalue weighted by Gasteiger charge is 2.18. The van der Waals surface area contributed by atoms with Gasteiger partial charge in [-0.2, -0.15) is 5.10 Å². The Hall–Kier alpha value is -2.88. The molecule has 0 spiro atoms. The summed E-state index contributed by atoms with van der Waals surface area (Å²) < 4.78 is 1.99. The van der Waals surface area contributed by atoms with Gasteiger partial charge in [0.25, 0.3) is 0 Å². The number of carbonyl (C=O) groups is 1. The van der Waals surface area contributed by atoms with E-state index in [0.29, 0.717) is 18.8 Å². The summed E-state index contributed by atoms with van der Waals surface area (Å²) >= 11 is 0. The minimum Gasteiger partial charge on any atom is -0.481 e. The van der Waals surface area contributed by atoms with Gasteiger partial charge in [-0.15, -0.1) is 0 Å². The van der Waals surface area contributed by atoms with E-state index in [2.05, 4.69) is 49.4 Å². The molecule has 30 heavy (non-hydrogen) atoms. The van der Waals surface area contributed by atoms with E-state index in [1.165, 1.54) is 11.1 Å². The SMILES string of the molecule is CC(C)Cn1cc(-c2ccccc2CCC(CCCc2ccccc2)C(=O)O)cn1. The van der Waals surface area contributed by atoms with Crippen LogP contribution in [-0.2, 0) is 24.2 Å². The van der Waals surface area contributed by atoms with Crippen LogP contribution in [-0.4, -0.2) is 20.9 Å². The number of carboxylic acids is 1. The monoisotopic (exact) mass is 404 g/mol. The van der Waals surface area contributed by atoms with Crippen molar-refractivity contribution in [1.29, 1.82) is 0 Å². The third-order valence-corrected chi connectivity index (χ3v) is 5.49. The van der Waals surface area contributed by atoms with Gasteiger partial charge in [0.05, 0.1) is 12.1 Å². The van der Waals surface area contributed by atoms with Crippen molar-refractivity contribution < 1.29 is 9.90 Å². The van der Waals surface area contributed by atoms with Gasteiger partial charge in [0.15, 0.2) is 0 Å². The second-order valence-electron chi connectivity index (χ2n) is 8.45. The van der Waals surface area contributed by atoms with Gasteiger partial charge in [0.2, 0.25) is 0 Å². The molecule has 3 rings (SSSR count). The minimum atomic E-state index is -0.690. The molecule has 0 saturated heterocycles. The lowest BCUT2D eigenvalue weighted by Gasteiger charge is -2.14. The highest BCUT2D eigenvalue weighted by molar-refractivity contribution is 5.70. The van der Waals surface area contributed by atoms with E-state index in [1.807, 2.05) is 41.2 Å². The lowest BCUT2D eigenvalue weighted by Crippen LogP contribution is -2.15. The molecular weight excluding hydrogens is 372 g/mol. The zero-order chi connectivity index (χ0) is 21.3. The highest BCUT2D eigenvalue weighted by Crippen LogP contribution is 2.26. The van der Waals surface area contributed by atoms with E-state index < -0.39 is 5.97 Å². The summed E-state index contributed by atoms with van der Waals surface area (Å²) in [6.07, 6.45) is 7.94. The fourth-order valence-corrected chi connectivity index (χ4v) is 3.91. The number of rotatable bonds is 11. The molecule has 1 unspecified atom stereocenters. The third kappa shape index (κ3) is 6.31. The molecule has 0 radical (unpaired) electrons. The maximum absolute atomic E-state index is 11.8. The number of hydrogen-bond donors (Lipinski definition) is 1. The van der Waals surface area contributed by atoms with Crippen molar-refractivity contribution in [2.75, 3.05) is 0 Å². The van der Waals surface area contributed by atoms with Gasteiger partial charge >= 0.3 is 5.97 Å². The summed E-state index contributed by atoms with van der Waals surface area (Å²) in [6, 6.07) is 18.6. The standard InChI is InChI=1S/C26H32N2O2/c1-20(2)18-28-19-24(17-27-28)25-14-7-6-12-22(25)15-16-23(26(29)30)13-8-11-21-9-4-3-5-10-21/h3-7,9-10,12,14,17,19-20,23H,8,11,13,15-16,18H2,1-2H3,(H,29,30). The molecule has 1 aromatic heterocycles. The number of aryl methyl sites for hydroxylation is 2. The molecule has 0 aliphatic heterocycles. The summed E-state index contributed by atoms with van der Waals surface area (Å²) in [5, 5.41) is 14.2. The molecule has 0 amide bonds. The first-order valence-electron chi connectivity index (χ1n) is 10.9. The van der Waals surface area contributed by atoms with Crippen LogP contribution in [0, 0.1) is 11.8 Å².